The number of carbonyl (C=O) groups excluding carboxylic acids is 1. The smallest absolute Gasteiger partial charge is 0.231 e. The van der Waals surface area contributed by atoms with Gasteiger partial charge in [0.25, 0.3) is 0 Å². The van der Waals surface area contributed by atoms with Gasteiger partial charge in [0.1, 0.15) is 0 Å². The molecule has 0 radical (unpaired) electrons. The molecular weight excluding hydrogens is 394 g/mol. The Bertz CT molecular complexity index is 956. The first-order chi connectivity index (χ1) is 13.6. The van der Waals surface area contributed by atoms with E-state index in [0.29, 0.717) is 16.1 Å². The quantitative estimate of drug-likeness (QED) is 0.457. The van der Waals surface area contributed by atoms with E-state index in [9.17, 15) is 4.79 Å². The largest absolute Gasteiger partial charge is 0.344 e. The SMILES string of the molecule is Nn1c(SCC(=O)NC(c2ccccc2)c2ccc(Cl)cc2)nnc1C1CC1. The Morgan fingerprint density at radius 1 is 1.14 bits per heavy atom. The number of nitrogen functional groups attached to an aromatic ring is 1. The number of nitrogens with one attached hydrogen (secondary N) is 1. The van der Waals surface area contributed by atoms with Crippen molar-refractivity contribution in [1.82, 2.24) is 20.2 Å². The van der Waals surface area contributed by atoms with Crippen molar-refractivity contribution in [1.29, 1.82) is 0 Å². The van der Waals surface area contributed by atoms with E-state index in [-0.39, 0.29) is 17.7 Å². The van der Waals surface area contributed by atoms with Crippen LogP contribution >= 0.6 is 23.4 Å². The van der Waals surface area contributed by atoms with Gasteiger partial charge in [0, 0.05) is 10.9 Å². The molecule has 1 heterocycles. The number of halogens is 1. The maximum absolute atomic E-state index is 12.6. The minimum Gasteiger partial charge on any atom is -0.344 e. The summed E-state index contributed by atoms with van der Waals surface area (Å²) in [4.78, 5) is 12.6. The van der Waals surface area contributed by atoms with Gasteiger partial charge < -0.3 is 11.2 Å². The number of hydrogen-bond donors (Lipinski definition) is 2. The summed E-state index contributed by atoms with van der Waals surface area (Å²) in [7, 11) is 0. The number of rotatable bonds is 7. The molecule has 1 unspecified atom stereocenters. The maximum atomic E-state index is 12.6. The summed E-state index contributed by atoms with van der Waals surface area (Å²) in [6, 6.07) is 17.1. The van der Waals surface area contributed by atoms with Gasteiger partial charge in [0.15, 0.2) is 5.82 Å². The standard InChI is InChI=1S/C20H20ClN5OS/c21-16-10-8-14(9-11-16)18(13-4-2-1-3-5-13)23-17(27)12-28-20-25-24-19(26(20)22)15-6-7-15/h1-5,8-11,15,18H,6-7,12,22H2,(H,23,27). The second-order valence-electron chi connectivity index (χ2n) is 6.74. The van der Waals surface area contributed by atoms with Crippen LogP contribution in [-0.4, -0.2) is 26.5 Å². The average molecular weight is 414 g/mol. The summed E-state index contributed by atoms with van der Waals surface area (Å²) in [5.41, 5.74) is 1.97. The predicted octanol–water partition coefficient (Wildman–Crippen LogP) is 3.52. The van der Waals surface area contributed by atoms with Crippen LogP contribution in [0.25, 0.3) is 0 Å². The van der Waals surface area contributed by atoms with Gasteiger partial charge in [-0.25, -0.2) is 4.68 Å². The first-order valence-electron chi connectivity index (χ1n) is 9.05. The fourth-order valence-corrected chi connectivity index (χ4v) is 3.80. The zero-order chi connectivity index (χ0) is 19.5. The Morgan fingerprint density at radius 3 is 2.50 bits per heavy atom. The predicted molar refractivity (Wildman–Crippen MR) is 111 cm³/mol. The van der Waals surface area contributed by atoms with E-state index in [0.717, 1.165) is 29.8 Å². The highest BCUT2D eigenvalue weighted by Gasteiger charge is 2.30. The Kier molecular flexibility index (Phi) is 5.54. The van der Waals surface area contributed by atoms with Crippen LogP contribution in [0.2, 0.25) is 5.02 Å². The van der Waals surface area contributed by atoms with Crippen LogP contribution < -0.4 is 11.2 Å². The molecule has 2 aromatic carbocycles. The third-order valence-corrected chi connectivity index (χ3v) is 5.80. The van der Waals surface area contributed by atoms with Crippen molar-refractivity contribution in [2.75, 3.05) is 11.6 Å². The summed E-state index contributed by atoms with van der Waals surface area (Å²) in [6.45, 7) is 0. The van der Waals surface area contributed by atoms with E-state index in [1.807, 2.05) is 54.6 Å². The lowest BCUT2D eigenvalue weighted by Crippen LogP contribution is -2.30. The van der Waals surface area contributed by atoms with Crippen LogP contribution in [0.5, 0.6) is 0 Å². The second kappa shape index (κ2) is 8.24. The fourth-order valence-electron chi connectivity index (χ4n) is 3.00. The summed E-state index contributed by atoms with van der Waals surface area (Å²) in [5.74, 6) is 7.36. The molecule has 0 spiro atoms. The van der Waals surface area contributed by atoms with Crippen molar-refractivity contribution >= 4 is 29.3 Å². The molecule has 1 aromatic heterocycles. The molecule has 1 aliphatic rings. The Hall–Kier alpha value is -2.51. The van der Waals surface area contributed by atoms with Gasteiger partial charge in [-0.05, 0) is 36.1 Å². The van der Waals surface area contributed by atoms with Crippen LogP contribution in [0.15, 0.2) is 59.8 Å². The molecule has 1 saturated carbocycles. The number of benzene rings is 2. The van der Waals surface area contributed by atoms with E-state index in [1.54, 1.807) is 0 Å². The number of nitrogens with two attached hydrogens (primary N) is 1. The number of amides is 1. The molecule has 0 saturated heterocycles. The van der Waals surface area contributed by atoms with Gasteiger partial charge in [0.05, 0.1) is 11.8 Å². The number of hydrogen-bond acceptors (Lipinski definition) is 5. The van der Waals surface area contributed by atoms with E-state index >= 15 is 0 Å². The van der Waals surface area contributed by atoms with Crippen LogP contribution in [0.1, 0.15) is 41.8 Å². The lowest BCUT2D eigenvalue weighted by molar-refractivity contribution is -0.119. The maximum Gasteiger partial charge on any atom is 0.231 e. The summed E-state index contributed by atoms with van der Waals surface area (Å²) in [5, 5.41) is 12.6. The van der Waals surface area contributed by atoms with Crippen molar-refractivity contribution in [3.63, 3.8) is 0 Å². The number of nitrogens with zero attached hydrogens (tertiary/aromatic N) is 3. The molecule has 144 valence electrons. The van der Waals surface area contributed by atoms with Crippen molar-refractivity contribution in [2.45, 2.75) is 30.0 Å². The van der Waals surface area contributed by atoms with Crippen molar-refractivity contribution in [3.05, 3.63) is 76.6 Å². The molecule has 28 heavy (non-hydrogen) atoms. The van der Waals surface area contributed by atoms with Crippen LogP contribution in [0.3, 0.4) is 0 Å². The summed E-state index contributed by atoms with van der Waals surface area (Å²) < 4.78 is 1.50. The lowest BCUT2D eigenvalue weighted by Gasteiger charge is -2.20. The van der Waals surface area contributed by atoms with Gasteiger partial charge in [0.2, 0.25) is 11.1 Å². The first-order valence-corrected chi connectivity index (χ1v) is 10.4. The average Bonchev–Trinajstić information content (AvgIpc) is 3.49. The lowest BCUT2D eigenvalue weighted by atomic mass is 9.99. The van der Waals surface area contributed by atoms with Gasteiger partial charge >= 0.3 is 0 Å². The Balaban J connectivity index is 1.45. The summed E-state index contributed by atoms with van der Waals surface area (Å²) in [6.07, 6.45) is 2.20. The molecule has 0 bridgehead atoms. The monoisotopic (exact) mass is 413 g/mol. The minimum absolute atomic E-state index is 0.107. The molecule has 3 N–H and O–H groups in total. The second-order valence-corrected chi connectivity index (χ2v) is 8.12. The third kappa shape index (κ3) is 4.31. The van der Waals surface area contributed by atoms with Gasteiger partial charge in [-0.15, -0.1) is 10.2 Å². The van der Waals surface area contributed by atoms with E-state index < -0.39 is 0 Å². The number of aromatic nitrogens is 3. The number of thioether (sulfide) groups is 1. The molecule has 1 aliphatic carbocycles. The van der Waals surface area contributed by atoms with Crippen LogP contribution in [0.4, 0.5) is 0 Å². The highest BCUT2D eigenvalue weighted by Crippen LogP contribution is 2.39. The van der Waals surface area contributed by atoms with Gasteiger partial charge in [-0.1, -0.05) is 65.8 Å². The third-order valence-electron chi connectivity index (χ3n) is 4.61. The normalized spacial score (nSPS) is 14.6. The van der Waals surface area contributed by atoms with Crippen molar-refractivity contribution < 1.29 is 4.79 Å². The Morgan fingerprint density at radius 2 is 1.82 bits per heavy atom. The van der Waals surface area contributed by atoms with Crippen molar-refractivity contribution in [2.24, 2.45) is 0 Å². The van der Waals surface area contributed by atoms with Gasteiger partial charge in [-0.2, -0.15) is 0 Å². The van der Waals surface area contributed by atoms with Crippen molar-refractivity contribution in [3.8, 4) is 0 Å². The molecule has 1 amide bonds. The number of carbonyl (C=O) groups is 1. The molecule has 4 rings (SSSR count). The summed E-state index contributed by atoms with van der Waals surface area (Å²) >= 11 is 7.30. The van der Waals surface area contributed by atoms with E-state index in [4.69, 9.17) is 17.4 Å². The first kappa shape index (κ1) is 18.8. The van der Waals surface area contributed by atoms with Crippen LogP contribution in [0, 0.1) is 0 Å². The molecule has 6 nitrogen and oxygen atoms in total. The van der Waals surface area contributed by atoms with E-state index in [1.165, 1.54) is 16.4 Å². The minimum atomic E-state index is -0.260. The molecule has 3 aromatic rings. The van der Waals surface area contributed by atoms with Crippen LogP contribution in [-0.2, 0) is 4.79 Å². The molecule has 1 atom stereocenters. The molecule has 8 heteroatoms. The topological polar surface area (TPSA) is 85.8 Å². The van der Waals surface area contributed by atoms with Gasteiger partial charge in [-0.3, -0.25) is 4.79 Å². The zero-order valence-electron chi connectivity index (χ0n) is 15.1. The fraction of sp³-hybridized carbons (Fsp3) is 0.250. The molecule has 1 fully saturated rings. The highest BCUT2D eigenvalue weighted by atomic mass is 35.5. The van der Waals surface area contributed by atoms with E-state index in [2.05, 4.69) is 15.5 Å². The molecule has 0 aliphatic heterocycles. The highest BCUT2D eigenvalue weighted by molar-refractivity contribution is 7.99. The zero-order valence-corrected chi connectivity index (χ0v) is 16.7. The Labute approximate surface area is 172 Å². The molecular formula is C20H20ClN5OS.